The molecule has 0 saturated carbocycles. The summed E-state index contributed by atoms with van der Waals surface area (Å²) in [6.45, 7) is 0. The van der Waals surface area contributed by atoms with Crippen LogP contribution in [0.5, 0.6) is 0 Å². The third-order valence-electron chi connectivity index (χ3n) is 1.95. The summed E-state index contributed by atoms with van der Waals surface area (Å²) in [4.78, 5) is 3.86. The van der Waals surface area contributed by atoms with Crippen LogP contribution in [0.1, 0.15) is 0 Å². The highest BCUT2D eigenvalue weighted by Gasteiger charge is 2.06. The van der Waals surface area contributed by atoms with E-state index in [1.165, 1.54) is 0 Å². The van der Waals surface area contributed by atoms with Crippen LogP contribution in [0.25, 0.3) is 11.3 Å². The number of hydrogen-bond donors (Lipinski definition) is 0. The molecule has 0 atom stereocenters. The number of rotatable bonds is 1. The largest absolute Gasteiger partial charge is 0.227 e. The maximum Gasteiger partial charge on any atom is 0.227 e. The Morgan fingerprint density at radius 2 is 1.67 bits per heavy atom. The molecule has 0 aliphatic carbocycles. The molecule has 0 fully saturated rings. The summed E-state index contributed by atoms with van der Waals surface area (Å²) < 4.78 is 14.5. The zero-order chi connectivity index (χ0) is 10.8. The van der Waals surface area contributed by atoms with Gasteiger partial charge in [-0.15, -0.1) is 0 Å². The van der Waals surface area contributed by atoms with Gasteiger partial charge in [0.1, 0.15) is 0 Å². The third-order valence-corrected chi connectivity index (χ3v) is 3.24. The Morgan fingerprint density at radius 1 is 0.933 bits per heavy atom. The molecule has 1 heterocycles. The highest BCUT2D eigenvalue weighted by molar-refractivity contribution is 9.10. The summed E-state index contributed by atoms with van der Waals surface area (Å²) >= 11 is 6.47. The molecule has 76 valence electrons. The van der Waals surface area contributed by atoms with Crippen LogP contribution in [-0.4, -0.2) is 4.98 Å². The standard InChI is InChI=1S/C11H6Br2FN/c12-8-4-2-1-3-7(8)10-6-5-9(13)11(14)15-10/h1-6H. The zero-order valence-electron chi connectivity index (χ0n) is 7.55. The third kappa shape index (κ3) is 2.26. The molecule has 1 aromatic heterocycles. The van der Waals surface area contributed by atoms with Gasteiger partial charge in [-0.3, -0.25) is 0 Å². The van der Waals surface area contributed by atoms with Gasteiger partial charge in [-0.05, 0) is 34.1 Å². The first-order chi connectivity index (χ1) is 7.18. The molecule has 0 saturated heterocycles. The van der Waals surface area contributed by atoms with Crippen molar-refractivity contribution in [2.75, 3.05) is 0 Å². The molecule has 15 heavy (non-hydrogen) atoms. The van der Waals surface area contributed by atoms with Crippen molar-refractivity contribution in [2.24, 2.45) is 0 Å². The summed E-state index contributed by atoms with van der Waals surface area (Å²) in [5.74, 6) is -0.497. The molecule has 0 N–H and O–H groups in total. The Kier molecular flexibility index (Phi) is 3.17. The van der Waals surface area contributed by atoms with Gasteiger partial charge < -0.3 is 0 Å². The van der Waals surface area contributed by atoms with Gasteiger partial charge in [-0.2, -0.15) is 4.39 Å². The summed E-state index contributed by atoms with van der Waals surface area (Å²) in [6.07, 6.45) is 0. The molecule has 0 unspecified atom stereocenters. The number of aromatic nitrogens is 1. The molecule has 0 amide bonds. The highest BCUT2D eigenvalue weighted by atomic mass is 79.9. The van der Waals surface area contributed by atoms with Crippen molar-refractivity contribution in [3.8, 4) is 11.3 Å². The molecule has 0 aliphatic heterocycles. The molecule has 2 rings (SSSR count). The van der Waals surface area contributed by atoms with E-state index >= 15 is 0 Å². The first-order valence-corrected chi connectivity index (χ1v) is 5.84. The maximum absolute atomic E-state index is 13.2. The Balaban J connectivity index is 2.55. The molecule has 1 nitrogen and oxygen atoms in total. The minimum Gasteiger partial charge on any atom is -0.219 e. The second-order valence-electron chi connectivity index (χ2n) is 2.95. The Morgan fingerprint density at radius 3 is 2.33 bits per heavy atom. The van der Waals surface area contributed by atoms with E-state index in [2.05, 4.69) is 36.8 Å². The van der Waals surface area contributed by atoms with Crippen molar-refractivity contribution in [2.45, 2.75) is 0 Å². The fourth-order valence-corrected chi connectivity index (χ4v) is 1.94. The topological polar surface area (TPSA) is 12.9 Å². The highest BCUT2D eigenvalue weighted by Crippen LogP contribution is 2.27. The quantitative estimate of drug-likeness (QED) is 0.706. The van der Waals surface area contributed by atoms with E-state index in [0.29, 0.717) is 10.2 Å². The minimum atomic E-state index is -0.497. The fraction of sp³-hybridized carbons (Fsp3) is 0. The summed E-state index contributed by atoms with van der Waals surface area (Å²) in [7, 11) is 0. The molecule has 0 spiro atoms. The van der Waals surface area contributed by atoms with Crippen LogP contribution in [0.3, 0.4) is 0 Å². The van der Waals surface area contributed by atoms with Crippen molar-refractivity contribution >= 4 is 31.9 Å². The lowest BCUT2D eigenvalue weighted by molar-refractivity contribution is 0.578. The van der Waals surface area contributed by atoms with Crippen LogP contribution in [0.2, 0.25) is 0 Å². The van der Waals surface area contributed by atoms with Gasteiger partial charge in [0.25, 0.3) is 0 Å². The monoisotopic (exact) mass is 329 g/mol. The first-order valence-electron chi connectivity index (χ1n) is 4.25. The van der Waals surface area contributed by atoms with Gasteiger partial charge in [-0.1, -0.05) is 34.1 Å². The number of benzene rings is 1. The fourth-order valence-electron chi connectivity index (χ4n) is 1.24. The van der Waals surface area contributed by atoms with Gasteiger partial charge in [-0.25, -0.2) is 4.98 Å². The van der Waals surface area contributed by atoms with E-state index in [1.807, 2.05) is 24.3 Å². The lowest BCUT2D eigenvalue weighted by Gasteiger charge is -2.03. The lowest BCUT2D eigenvalue weighted by atomic mass is 10.1. The predicted molar refractivity (Wildman–Crippen MR) is 65.0 cm³/mol. The molecular formula is C11H6Br2FN. The Hall–Kier alpha value is -0.740. The van der Waals surface area contributed by atoms with Gasteiger partial charge in [0.15, 0.2) is 0 Å². The van der Waals surface area contributed by atoms with Crippen LogP contribution >= 0.6 is 31.9 Å². The van der Waals surface area contributed by atoms with Crippen molar-refractivity contribution in [1.29, 1.82) is 0 Å². The molecule has 1 aromatic carbocycles. The van der Waals surface area contributed by atoms with E-state index in [1.54, 1.807) is 12.1 Å². The molecule has 0 radical (unpaired) electrons. The number of hydrogen-bond acceptors (Lipinski definition) is 1. The molecular weight excluding hydrogens is 325 g/mol. The van der Waals surface area contributed by atoms with E-state index in [4.69, 9.17) is 0 Å². The van der Waals surface area contributed by atoms with Gasteiger partial charge >= 0.3 is 0 Å². The number of pyridine rings is 1. The summed E-state index contributed by atoms with van der Waals surface area (Å²) in [5, 5.41) is 0. The van der Waals surface area contributed by atoms with Crippen molar-refractivity contribution < 1.29 is 4.39 Å². The Bertz CT molecular complexity index is 500. The Labute approximate surface area is 104 Å². The van der Waals surface area contributed by atoms with E-state index in [-0.39, 0.29) is 0 Å². The van der Waals surface area contributed by atoms with Gasteiger partial charge in [0.2, 0.25) is 5.95 Å². The summed E-state index contributed by atoms with van der Waals surface area (Å²) in [6, 6.07) is 11.0. The number of halogens is 3. The van der Waals surface area contributed by atoms with Gasteiger partial charge in [0, 0.05) is 10.0 Å². The van der Waals surface area contributed by atoms with Crippen LogP contribution in [0.15, 0.2) is 45.3 Å². The summed E-state index contributed by atoms with van der Waals surface area (Å²) in [5.41, 5.74) is 1.49. The maximum atomic E-state index is 13.2. The SMILES string of the molecule is Fc1nc(-c2ccccc2Br)ccc1Br. The van der Waals surface area contributed by atoms with Crippen LogP contribution in [0.4, 0.5) is 4.39 Å². The second kappa shape index (κ2) is 4.41. The van der Waals surface area contributed by atoms with E-state index < -0.39 is 5.95 Å². The van der Waals surface area contributed by atoms with Crippen molar-refractivity contribution in [3.05, 3.63) is 51.3 Å². The lowest BCUT2D eigenvalue weighted by Crippen LogP contribution is -1.89. The molecule has 2 aromatic rings. The molecule has 4 heteroatoms. The number of nitrogens with zero attached hydrogens (tertiary/aromatic N) is 1. The average Bonchev–Trinajstić information content (AvgIpc) is 2.23. The van der Waals surface area contributed by atoms with Crippen LogP contribution in [-0.2, 0) is 0 Å². The average molecular weight is 331 g/mol. The first kappa shape index (κ1) is 10.8. The molecule has 0 aliphatic rings. The predicted octanol–water partition coefficient (Wildman–Crippen LogP) is 4.41. The van der Waals surface area contributed by atoms with E-state index in [0.717, 1.165) is 10.0 Å². The van der Waals surface area contributed by atoms with Crippen LogP contribution < -0.4 is 0 Å². The van der Waals surface area contributed by atoms with E-state index in [9.17, 15) is 4.39 Å². The second-order valence-corrected chi connectivity index (χ2v) is 4.66. The smallest absolute Gasteiger partial charge is 0.219 e. The zero-order valence-corrected chi connectivity index (χ0v) is 10.7. The van der Waals surface area contributed by atoms with Crippen LogP contribution in [0, 0.1) is 5.95 Å². The van der Waals surface area contributed by atoms with Crippen molar-refractivity contribution in [3.63, 3.8) is 0 Å². The minimum absolute atomic E-state index is 0.373. The van der Waals surface area contributed by atoms with Gasteiger partial charge in [0.05, 0.1) is 10.2 Å². The van der Waals surface area contributed by atoms with Crippen molar-refractivity contribution in [1.82, 2.24) is 4.98 Å². The molecule has 0 bridgehead atoms. The normalized spacial score (nSPS) is 10.3.